The Labute approximate surface area is 173 Å². The van der Waals surface area contributed by atoms with Crippen LogP contribution in [0.2, 0.25) is 0 Å². The van der Waals surface area contributed by atoms with Gasteiger partial charge < -0.3 is 19.5 Å². The molecule has 0 saturated carbocycles. The first-order valence-electron chi connectivity index (χ1n) is 9.67. The summed E-state index contributed by atoms with van der Waals surface area (Å²) < 4.78 is 16.0. The summed E-state index contributed by atoms with van der Waals surface area (Å²) in [6.07, 6.45) is 1.63. The number of fused-ring (bicyclic) bond motifs is 1. The number of benzene rings is 2. The fourth-order valence-electron chi connectivity index (χ4n) is 3.71. The van der Waals surface area contributed by atoms with E-state index in [0.717, 1.165) is 12.8 Å². The minimum absolute atomic E-state index is 0.125. The van der Waals surface area contributed by atoms with Crippen LogP contribution >= 0.6 is 0 Å². The molecule has 8 nitrogen and oxygen atoms in total. The molecular formula is C22H22N2O6. The van der Waals surface area contributed by atoms with Gasteiger partial charge in [0.15, 0.2) is 11.5 Å². The number of carbonyl (C=O) groups is 3. The summed E-state index contributed by atoms with van der Waals surface area (Å²) in [5.74, 6) is -0.121. The molecule has 0 aromatic heterocycles. The highest BCUT2D eigenvalue weighted by Crippen LogP contribution is 2.30. The number of imide groups is 1. The monoisotopic (exact) mass is 410 g/mol. The first-order chi connectivity index (χ1) is 14.5. The van der Waals surface area contributed by atoms with Crippen LogP contribution in [-0.4, -0.2) is 56.1 Å². The van der Waals surface area contributed by atoms with Crippen molar-refractivity contribution in [3.8, 4) is 11.5 Å². The number of anilines is 1. The number of hydrogen-bond donors (Lipinski definition) is 1. The largest absolute Gasteiger partial charge is 0.493 e. The molecule has 2 aliphatic heterocycles. The van der Waals surface area contributed by atoms with Crippen LogP contribution in [0.1, 0.15) is 43.9 Å². The molecule has 1 N–H and O–H groups in total. The zero-order valence-corrected chi connectivity index (χ0v) is 16.8. The van der Waals surface area contributed by atoms with Crippen molar-refractivity contribution in [2.24, 2.45) is 0 Å². The Morgan fingerprint density at radius 2 is 1.83 bits per heavy atom. The second-order valence-corrected chi connectivity index (χ2v) is 7.14. The number of hydrogen-bond acceptors (Lipinski definition) is 6. The topological polar surface area (TPSA) is 94.2 Å². The van der Waals surface area contributed by atoms with Crippen molar-refractivity contribution < 1.29 is 28.6 Å². The standard InChI is InChI=1S/C22H22N2O6/c1-28-18-8-6-14(11-19(18)29-2)23-20(25)13-5-7-16-17(10-13)22(27)24(21(16)26)12-15-4-3-9-30-15/h5-8,10-11,15H,3-4,9,12H2,1-2H3,(H,23,25). The molecule has 0 aliphatic carbocycles. The fourth-order valence-corrected chi connectivity index (χ4v) is 3.71. The van der Waals surface area contributed by atoms with Gasteiger partial charge in [-0.25, -0.2) is 0 Å². The van der Waals surface area contributed by atoms with Gasteiger partial charge in [0.05, 0.1) is 38.0 Å². The third kappa shape index (κ3) is 3.61. The van der Waals surface area contributed by atoms with E-state index in [2.05, 4.69) is 5.32 Å². The van der Waals surface area contributed by atoms with Gasteiger partial charge >= 0.3 is 0 Å². The Morgan fingerprint density at radius 3 is 2.53 bits per heavy atom. The summed E-state index contributed by atoms with van der Waals surface area (Å²) >= 11 is 0. The third-order valence-electron chi connectivity index (χ3n) is 5.28. The quantitative estimate of drug-likeness (QED) is 0.736. The van der Waals surface area contributed by atoms with Crippen LogP contribution in [0.4, 0.5) is 5.69 Å². The lowest BCUT2D eigenvalue weighted by atomic mass is 10.1. The average molecular weight is 410 g/mol. The Morgan fingerprint density at radius 1 is 1.07 bits per heavy atom. The SMILES string of the molecule is COc1ccc(NC(=O)c2ccc3c(c2)C(=O)N(CC2CCCO2)C3=O)cc1OC. The predicted molar refractivity (Wildman–Crippen MR) is 108 cm³/mol. The van der Waals surface area contributed by atoms with E-state index in [-0.39, 0.29) is 29.7 Å². The van der Waals surface area contributed by atoms with Crippen LogP contribution in [0.3, 0.4) is 0 Å². The number of ether oxygens (including phenoxy) is 3. The summed E-state index contributed by atoms with van der Waals surface area (Å²) in [7, 11) is 3.04. The van der Waals surface area contributed by atoms with Gasteiger partial charge in [-0.05, 0) is 43.2 Å². The van der Waals surface area contributed by atoms with Gasteiger partial charge in [-0.1, -0.05) is 0 Å². The van der Waals surface area contributed by atoms with Crippen LogP contribution in [0, 0.1) is 0 Å². The van der Waals surface area contributed by atoms with Crippen LogP contribution in [0.15, 0.2) is 36.4 Å². The first-order valence-corrected chi connectivity index (χ1v) is 9.67. The van der Waals surface area contributed by atoms with Crippen LogP contribution in [0.5, 0.6) is 11.5 Å². The summed E-state index contributed by atoms with van der Waals surface area (Å²) in [5.41, 5.74) is 1.34. The highest BCUT2D eigenvalue weighted by molar-refractivity contribution is 6.22. The van der Waals surface area contributed by atoms with Crippen molar-refractivity contribution in [1.29, 1.82) is 0 Å². The molecule has 1 unspecified atom stereocenters. The second kappa shape index (κ2) is 8.16. The van der Waals surface area contributed by atoms with Crippen molar-refractivity contribution in [2.75, 3.05) is 32.7 Å². The zero-order valence-electron chi connectivity index (χ0n) is 16.8. The smallest absolute Gasteiger partial charge is 0.261 e. The molecule has 30 heavy (non-hydrogen) atoms. The molecule has 4 rings (SSSR count). The molecule has 156 valence electrons. The maximum absolute atomic E-state index is 12.8. The minimum atomic E-state index is -0.400. The van der Waals surface area contributed by atoms with Crippen molar-refractivity contribution >= 4 is 23.4 Å². The lowest BCUT2D eigenvalue weighted by molar-refractivity contribution is 0.0475. The van der Waals surface area contributed by atoms with Gasteiger partial charge in [-0.3, -0.25) is 19.3 Å². The van der Waals surface area contributed by atoms with Gasteiger partial charge in [0.2, 0.25) is 0 Å². The number of methoxy groups -OCH3 is 2. The number of nitrogens with zero attached hydrogens (tertiary/aromatic N) is 1. The molecule has 1 atom stereocenters. The second-order valence-electron chi connectivity index (χ2n) is 7.14. The summed E-state index contributed by atoms with van der Waals surface area (Å²) in [4.78, 5) is 39.3. The fraction of sp³-hybridized carbons (Fsp3) is 0.318. The zero-order chi connectivity index (χ0) is 21.3. The number of amides is 3. The maximum Gasteiger partial charge on any atom is 0.261 e. The lowest BCUT2D eigenvalue weighted by Crippen LogP contribution is -2.36. The van der Waals surface area contributed by atoms with E-state index in [1.165, 1.54) is 37.3 Å². The number of nitrogens with one attached hydrogen (secondary N) is 1. The van der Waals surface area contributed by atoms with Crippen LogP contribution in [0.25, 0.3) is 0 Å². The predicted octanol–water partition coefficient (Wildman–Crippen LogP) is 2.73. The molecule has 2 aliphatic rings. The molecule has 2 aromatic carbocycles. The van der Waals surface area contributed by atoms with Gasteiger partial charge in [0.1, 0.15) is 0 Å². The normalized spacial score (nSPS) is 17.8. The molecule has 0 radical (unpaired) electrons. The molecule has 8 heteroatoms. The van der Waals surface area contributed by atoms with Crippen molar-refractivity contribution in [2.45, 2.75) is 18.9 Å². The summed E-state index contributed by atoms with van der Waals surface area (Å²) in [6.45, 7) is 0.883. The average Bonchev–Trinajstić information content (AvgIpc) is 3.36. The third-order valence-corrected chi connectivity index (χ3v) is 5.28. The van der Waals surface area contributed by atoms with E-state index in [4.69, 9.17) is 14.2 Å². The van der Waals surface area contributed by atoms with Crippen LogP contribution in [-0.2, 0) is 4.74 Å². The highest BCUT2D eigenvalue weighted by Gasteiger charge is 2.37. The number of rotatable bonds is 6. The van der Waals surface area contributed by atoms with Crippen molar-refractivity contribution in [3.63, 3.8) is 0 Å². The van der Waals surface area contributed by atoms with Crippen LogP contribution < -0.4 is 14.8 Å². The molecule has 0 bridgehead atoms. The van der Waals surface area contributed by atoms with E-state index < -0.39 is 11.8 Å². The van der Waals surface area contributed by atoms with E-state index in [9.17, 15) is 14.4 Å². The minimum Gasteiger partial charge on any atom is -0.493 e. The summed E-state index contributed by atoms with van der Waals surface area (Å²) in [6, 6.07) is 9.53. The molecule has 2 aromatic rings. The lowest BCUT2D eigenvalue weighted by Gasteiger charge is -2.17. The van der Waals surface area contributed by atoms with Gasteiger partial charge in [-0.15, -0.1) is 0 Å². The molecule has 1 fully saturated rings. The molecular weight excluding hydrogens is 388 g/mol. The van der Waals surface area contributed by atoms with E-state index in [0.29, 0.717) is 29.4 Å². The Balaban J connectivity index is 1.52. The van der Waals surface area contributed by atoms with Gasteiger partial charge in [0, 0.05) is 23.9 Å². The first kappa shape index (κ1) is 19.9. The van der Waals surface area contributed by atoms with E-state index in [1.807, 2.05) is 0 Å². The van der Waals surface area contributed by atoms with Gasteiger partial charge in [-0.2, -0.15) is 0 Å². The Hall–Kier alpha value is -3.39. The van der Waals surface area contributed by atoms with E-state index >= 15 is 0 Å². The Kier molecular flexibility index (Phi) is 5.41. The van der Waals surface area contributed by atoms with Crippen molar-refractivity contribution in [3.05, 3.63) is 53.1 Å². The molecule has 3 amide bonds. The Bertz CT molecular complexity index is 1010. The molecule has 1 saturated heterocycles. The van der Waals surface area contributed by atoms with Gasteiger partial charge in [0.25, 0.3) is 17.7 Å². The molecule has 0 spiro atoms. The molecule has 2 heterocycles. The summed E-state index contributed by atoms with van der Waals surface area (Å²) in [5, 5.41) is 2.77. The van der Waals surface area contributed by atoms with E-state index in [1.54, 1.807) is 18.2 Å². The van der Waals surface area contributed by atoms with Crippen molar-refractivity contribution in [1.82, 2.24) is 4.90 Å². The highest BCUT2D eigenvalue weighted by atomic mass is 16.5. The number of carbonyl (C=O) groups excluding carboxylic acids is 3. The maximum atomic E-state index is 12.8.